The summed E-state index contributed by atoms with van der Waals surface area (Å²) < 4.78 is 0. The number of piperidine rings is 1. The number of nitrogens with one attached hydrogen (secondary N) is 2. The lowest BCUT2D eigenvalue weighted by Gasteiger charge is -2.34. The Morgan fingerprint density at radius 1 is 1.24 bits per heavy atom. The van der Waals surface area contributed by atoms with Crippen LogP contribution in [0.4, 0.5) is 0 Å². The molecule has 29 heavy (non-hydrogen) atoms. The van der Waals surface area contributed by atoms with E-state index in [0.29, 0.717) is 18.3 Å². The standard InChI is InChI=1S/C23H36N4O2/c1-4-24-23(26-18-11-13-27(14-12-18)22(29)16(2)3)25-15-20-19-8-6-5-7-17(19)9-10-21(20)28/h9-10,16,18,28H,4-8,11-15H2,1-3H3,(H2,24,25,26). The van der Waals surface area contributed by atoms with Crippen LogP contribution in [-0.4, -0.2) is 47.5 Å². The van der Waals surface area contributed by atoms with Crippen LogP contribution in [-0.2, 0) is 24.2 Å². The van der Waals surface area contributed by atoms with Crippen molar-refractivity contribution in [1.29, 1.82) is 0 Å². The first-order valence-electron chi connectivity index (χ1n) is 11.2. The summed E-state index contributed by atoms with van der Waals surface area (Å²) in [6.07, 6.45) is 6.38. The first kappa shape index (κ1) is 21.5. The Labute approximate surface area is 174 Å². The number of aliphatic imine (C=N–C) groups is 1. The van der Waals surface area contributed by atoms with E-state index in [0.717, 1.165) is 56.8 Å². The zero-order valence-corrected chi connectivity index (χ0v) is 18.1. The quantitative estimate of drug-likeness (QED) is 0.525. The molecule has 3 N–H and O–H groups in total. The smallest absolute Gasteiger partial charge is 0.225 e. The number of phenolic OH excluding ortho intramolecular Hbond substituents is 1. The van der Waals surface area contributed by atoms with Gasteiger partial charge in [0.05, 0.1) is 6.54 Å². The molecule has 1 amide bonds. The summed E-state index contributed by atoms with van der Waals surface area (Å²) in [5, 5.41) is 17.3. The molecule has 0 atom stereocenters. The van der Waals surface area contributed by atoms with Gasteiger partial charge < -0.3 is 20.6 Å². The highest BCUT2D eigenvalue weighted by atomic mass is 16.3. The van der Waals surface area contributed by atoms with Crippen molar-refractivity contribution in [3.63, 3.8) is 0 Å². The Kier molecular flexibility index (Phi) is 7.40. The minimum atomic E-state index is 0.0582. The maximum atomic E-state index is 12.2. The molecule has 0 spiro atoms. The summed E-state index contributed by atoms with van der Waals surface area (Å²) in [6, 6.07) is 4.19. The molecule has 1 aliphatic carbocycles. The second-order valence-electron chi connectivity index (χ2n) is 8.50. The maximum absolute atomic E-state index is 12.2. The van der Waals surface area contributed by atoms with E-state index < -0.39 is 0 Å². The summed E-state index contributed by atoms with van der Waals surface area (Å²) >= 11 is 0. The van der Waals surface area contributed by atoms with Gasteiger partial charge in [-0.15, -0.1) is 0 Å². The molecule has 6 nitrogen and oxygen atoms in total. The fourth-order valence-corrected chi connectivity index (χ4v) is 4.35. The minimum absolute atomic E-state index is 0.0582. The van der Waals surface area contributed by atoms with E-state index in [1.165, 1.54) is 24.0 Å². The number of benzene rings is 1. The lowest BCUT2D eigenvalue weighted by atomic mass is 9.88. The van der Waals surface area contributed by atoms with Crippen LogP contribution in [0.25, 0.3) is 0 Å². The number of phenols is 1. The van der Waals surface area contributed by atoms with Crippen molar-refractivity contribution >= 4 is 11.9 Å². The topological polar surface area (TPSA) is 77.0 Å². The fraction of sp³-hybridized carbons (Fsp3) is 0.652. The maximum Gasteiger partial charge on any atom is 0.225 e. The predicted octanol–water partition coefficient (Wildman–Crippen LogP) is 2.97. The molecule has 1 fully saturated rings. The normalized spacial score (nSPS) is 17.9. The molecule has 1 aromatic rings. The molecule has 0 unspecified atom stereocenters. The van der Waals surface area contributed by atoms with Crippen molar-refractivity contribution in [1.82, 2.24) is 15.5 Å². The highest BCUT2D eigenvalue weighted by molar-refractivity contribution is 5.80. The van der Waals surface area contributed by atoms with E-state index >= 15 is 0 Å². The summed E-state index contributed by atoms with van der Waals surface area (Å²) in [5.41, 5.74) is 3.62. The number of fused-ring (bicyclic) bond motifs is 1. The molecule has 1 aromatic carbocycles. The fourth-order valence-electron chi connectivity index (χ4n) is 4.35. The van der Waals surface area contributed by atoms with Crippen molar-refractivity contribution in [2.24, 2.45) is 10.9 Å². The minimum Gasteiger partial charge on any atom is -0.508 e. The van der Waals surface area contributed by atoms with E-state index in [2.05, 4.69) is 23.6 Å². The van der Waals surface area contributed by atoms with Crippen molar-refractivity contribution in [3.05, 3.63) is 28.8 Å². The Morgan fingerprint density at radius 2 is 1.97 bits per heavy atom. The zero-order valence-electron chi connectivity index (χ0n) is 18.1. The van der Waals surface area contributed by atoms with Gasteiger partial charge in [0.1, 0.15) is 5.75 Å². The number of aryl methyl sites for hydroxylation is 1. The molecule has 6 heteroatoms. The molecule has 0 bridgehead atoms. The van der Waals surface area contributed by atoms with Gasteiger partial charge in [0.15, 0.2) is 5.96 Å². The van der Waals surface area contributed by atoms with Gasteiger partial charge in [0.2, 0.25) is 5.91 Å². The van der Waals surface area contributed by atoms with E-state index in [1.807, 2.05) is 24.8 Å². The van der Waals surface area contributed by atoms with Gasteiger partial charge in [-0.25, -0.2) is 4.99 Å². The molecule has 2 aliphatic rings. The summed E-state index contributed by atoms with van der Waals surface area (Å²) in [6.45, 7) is 8.83. The molecule has 1 saturated heterocycles. The molecule has 0 radical (unpaired) electrons. The van der Waals surface area contributed by atoms with Gasteiger partial charge in [0, 0.05) is 37.2 Å². The first-order valence-corrected chi connectivity index (χ1v) is 11.2. The van der Waals surface area contributed by atoms with E-state index in [4.69, 9.17) is 4.99 Å². The van der Waals surface area contributed by atoms with Crippen LogP contribution in [0.2, 0.25) is 0 Å². The summed E-state index contributed by atoms with van der Waals surface area (Å²) in [5.74, 6) is 1.44. The second kappa shape index (κ2) is 9.99. The van der Waals surface area contributed by atoms with Crippen LogP contribution >= 0.6 is 0 Å². The molecule has 160 valence electrons. The molecule has 0 aromatic heterocycles. The molecule has 3 rings (SSSR count). The van der Waals surface area contributed by atoms with Crippen LogP contribution < -0.4 is 10.6 Å². The first-order chi connectivity index (χ1) is 14.0. The van der Waals surface area contributed by atoms with Crippen molar-refractivity contribution in [2.45, 2.75) is 71.9 Å². The monoisotopic (exact) mass is 400 g/mol. The average molecular weight is 401 g/mol. The van der Waals surface area contributed by atoms with Gasteiger partial charge in [-0.05, 0) is 62.6 Å². The molecule has 1 aliphatic heterocycles. The van der Waals surface area contributed by atoms with Crippen molar-refractivity contribution < 1.29 is 9.90 Å². The van der Waals surface area contributed by atoms with Crippen LogP contribution in [0.1, 0.15) is 63.1 Å². The number of hydrogen-bond acceptors (Lipinski definition) is 3. The third-order valence-corrected chi connectivity index (χ3v) is 6.01. The van der Waals surface area contributed by atoms with Gasteiger partial charge in [-0.1, -0.05) is 19.9 Å². The lowest BCUT2D eigenvalue weighted by Crippen LogP contribution is -2.50. The number of carbonyl (C=O) groups excluding carboxylic acids is 1. The van der Waals surface area contributed by atoms with Crippen LogP contribution in [0.15, 0.2) is 17.1 Å². The Morgan fingerprint density at radius 3 is 2.66 bits per heavy atom. The van der Waals surface area contributed by atoms with Gasteiger partial charge >= 0.3 is 0 Å². The number of amides is 1. The van der Waals surface area contributed by atoms with Crippen molar-refractivity contribution in [2.75, 3.05) is 19.6 Å². The van der Waals surface area contributed by atoms with E-state index in [9.17, 15) is 9.90 Å². The number of guanidine groups is 1. The van der Waals surface area contributed by atoms with Crippen molar-refractivity contribution in [3.8, 4) is 5.75 Å². The molecular formula is C23H36N4O2. The van der Waals surface area contributed by atoms with Crippen LogP contribution in [0.5, 0.6) is 5.75 Å². The summed E-state index contributed by atoms with van der Waals surface area (Å²) in [4.78, 5) is 18.9. The Bertz CT molecular complexity index is 737. The van der Waals surface area contributed by atoms with Gasteiger partial charge in [-0.3, -0.25) is 4.79 Å². The largest absolute Gasteiger partial charge is 0.508 e. The highest BCUT2D eigenvalue weighted by Gasteiger charge is 2.24. The van der Waals surface area contributed by atoms with Crippen LogP contribution in [0, 0.1) is 5.92 Å². The average Bonchev–Trinajstić information content (AvgIpc) is 2.73. The Hall–Kier alpha value is -2.24. The zero-order chi connectivity index (χ0) is 20.8. The number of rotatable bonds is 5. The SMILES string of the molecule is CCNC(=NCc1c(O)ccc2c1CCCC2)NC1CCN(C(=O)C(C)C)CC1. The molecule has 1 heterocycles. The van der Waals surface area contributed by atoms with Gasteiger partial charge in [-0.2, -0.15) is 0 Å². The van der Waals surface area contributed by atoms with E-state index in [1.54, 1.807) is 0 Å². The highest BCUT2D eigenvalue weighted by Crippen LogP contribution is 2.31. The third-order valence-electron chi connectivity index (χ3n) is 6.01. The van der Waals surface area contributed by atoms with Crippen LogP contribution in [0.3, 0.4) is 0 Å². The third kappa shape index (κ3) is 5.43. The lowest BCUT2D eigenvalue weighted by molar-refractivity contribution is -0.135. The summed E-state index contributed by atoms with van der Waals surface area (Å²) in [7, 11) is 0. The number of nitrogens with zero attached hydrogens (tertiary/aromatic N) is 2. The number of aromatic hydroxyl groups is 1. The Balaban J connectivity index is 1.64. The van der Waals surface area contributed by atoms with Gasteiger partial charge in [0.25, 0.3) is 0 Å². The predicted molar refractivity (Wildman–Crippen MR) is 117 cm³/mol. The molecule has 0 saturated carbocycles. The number of carbonyl (C=O) groups is 1. The number of likely N-dealkylation sites (tertiary alicyclic amines) is 1. The number of hydrogen-bond donors (Lipinski definition) is 3. The molecular weight excluding hydrogens is 364 g/mol. The second-order valence-corrected chi connectivity index (χ2v) is 8.50. The van der Waals surface area contributed by atoms with E-state index in [-0.39, 0.29) is 11.8 Å².